The van der Waals surface area contributed by atoms with Gasteiger partial charge in [0, 0.05) is 6.04 Å². The molecule has 0 radical (unpaired) electrons. The van der Waals surface area contributed by atoms with E-state index in [9.17, 15) is 9.59 Å². The van der Waals surface area contributed by atoms with Crippen molar-refractivity contribution in [3.8, 4) is 5.69 Å². The van der Waals surface area contributed by atoms with Crippen LogP contribution in [0, 0.1) is 5.92 Å². The molecule has 1 aromatic carbocycles. The van der Waals surface area contributed by atoms with Crippen molar-refractivity contribution in [1.82, 2.24) is 14.9 Å². The summed E-state index contributed by atoms with van der Waals surface area (Å²) < 4.78 is 1.68. The molecule has 2 aliphatic carbocycles. The van der Waals surface area contributed by atoms with Crippen molar-refractivity contribution in [3.63, 3.8) is 0 Å². The van der Waals surface area contributed by atoms with Crippen LogP contribution in [0.25, 0.3) is 15.9 Å². The Balaban J connectivity index is 1.45. The first kappa shape index (κ1) is 20.8. The Bertz CT molecular complexity index is 1150. The number of amides is 1. The van der Waals surface area contributed by atoms with Crippen LogP contribution in [0.15, 0.2) is 45.7 Å². The number of carbonyl (C=O) groups is 1. The molecular weight excluding hydrogens is 426 g/mol. The van der Waals surface area contributed by atoms with Crippen molar-refractivity contribution in [3.05, 3.63) is 51.6 Å². The summed E-state index contributed by atoms with van der Waals surface area (Å²) >= 11 is 2.89. The Kier molecular flexibility index (Phi) is 5.89. The molecule has 2 fully saturated rings. The fraction of sp³-hybridized carbons (Fsp3) is 0.458. The van der Waals surface area contributed by atoms with Crippen LogP contribution >= 0.6 is 23.1 Å². The fourth-order valence-electron chi connectivity index (χ4n) is 4.50. The van der Waals surface area contributed by atoms with Gasteiger partial charge in [0.05, 0.1) is 16.8 Å². The SMILES string of the molecule is CC1CCCCC1NC(=O)CSc1nc2scc(C3CC3)c2c(=O)n1-c1ccccc1. The summed E-state index contributed by atoms with van der Waals surface area (Å²) in [5.74, 6) is 1.29. The molecule has 0 bridgehead atoms. The summed E-state index contributed by atoms with van der Waals surface area (Å²) in [5, 5.41) is 6.63. The molecule has 31 heavy (non-hydrogen) atoms. The molecule has 2 aliphatic rings. The Morgan fingerprint density at radius 1 is 1.19 bits per heavy atom. The predicted octanol–water partition coefficient (Wildman–Crippen LogP) is 5.11. The quantitative estimate of drug-likeness (QED) is 0.416. The standard InChI is InChI=1S/C24H27N3O2S2/c1-15-7-5-6-10-19(15)25-20(28)14-31-24-26-22-21(18(13-30-22)16-11-12-16)23(29)27(24)17-8-3-2-4-9-17/h2-4,8-9,13,15-16,19H,5-7,10-12,14H2,1H3,(H,25,28). The van der Waals surface area contributed by atoms with Gasteiger partial charge in [-0.2, -0.15) is 0 Å². The Morgan fingerprint density at radius 3 is 2.71 bits per heavy atom. The van der Waals surface area contributed by atoms with E-state index in [-0.39, 0.29) is 23.3 Å². The number of fused-ring (bicyclic) bond motifs is 1. The number of benzene rings is 1. The third kappa shape index (κ3) is 4.30. The maximum Gasteiger partial charge on any atom is 0.267 e. The number of nitrogens with one attached hydrogen (secondary N) is 1. The van der Waals surface area contributed by atoms with Crippen molar-refractivity contribution >= 4 is 39.2 Å². The summed E-state index contributed by atoms with van der Waals surface area (Å²) in [4.78, 5) is 31.9. The Hall–Kier alpha value is -2.12. The van der Waals surface area contributed by atoms with E-state index in [4.69, 9.17) is 4.98 Å². The number of aromatic nitrogens is 2. The molecule has 0 spiro atoms. The van der Waals surface area contributed by atoms with Gasteiger partial charge in [-0.3, -0.25) is 14.2 Å². The van der Waals surface area contributed by atoms with Crippen LogP contribution in [0.5, 0.6) is 0 Å². The van der Waals surface area contributed by atoms with E-state index >= 15 is 0 Å². The number of hydrogen-bond donors (Lipinski definition) is 1. The Labute approximate surface area is 190 Å². The molecule has 1 amide bonds. The normalized spacial score (nSPS) is 21.3. The second-order valence-corrected chi connectivity index (χ2v) is 10.5. The van der Waals surface area contributed by atoms with E-state index in [1.807, 2.05) is 30.3 Å². The number of rotatable bonds is 6. The third-order valence-corrected chi connectivity index (χ3v) is 8.26. The van der Waals surface area contributed by atoms with E-state index < -0.39 is 0 Å². The first-order valence-electron chi connectivity index (χ1n) is 11.1. The number of nitrogens with zero attached hydrogens (tertiary/aromatic N) is 2. The van der Waals surface area contributed by atoms with Gasteiger partial charge < -0.3 is 5.32 Å². The van der Waals surface area contributed by atoms with Gasteiger partial charge in [0.15, 0.2) is 5.16 Å². The van der Waals surface area contributed by atoms with Gasteiger partial charge in [-0.05, 0) is 60.6 Å². The lowest BCUT2D eigenvalue weighted by Gasteiger charge is -2.29. The summed E-state index contributed by atoms with van der Waals surface area (Å²) in [6.07, 6.45) is 6.94. The molecule has 0 aliphatic heterocycles. The average molecular weight is 454 g/mol. The molecule has 2 aromatic heterocycles. The van der Waals surface area contributed by atoms with Crippen molar-refractivity contribution in [2.45, 2.75) is 62.6 Å². The first-order valence-corrected chi connectivity index (χ1v) is 13.0. The van der Waals surface area contributed by atoms with Crippen LogP contribution in [-0.2, 0) is 4.79 Å². The molecule has 2 heterocycles. The van der Waals surface area contributed by atoms with Crippen molar-refractivity contribution in [1.29, 1.82) is 0 Å². The zero-order chi connectivity index (χ0) is 21.4. The molecule has 2 unspecified atom stereocenters. The van der Waals surface area contributed by atoms with Crippen LogP contribution in [0.4, 0.5) is 0 Å². The average Bonchev–Trinajstić information content (AvgIpc) is 3.53. The van der Waals surface area contributed by atoms with Gasteiger partial charge in [-0.15, -0.1) is 11.3 Å². The third-order valence-electron chi connectivity index (χ3n) is 6.43. The number of hydrogen-bond acceptors (Lipinski definition) is 5. The highest BCUT2D eigenvalue weighted by atomic mass is 32.2. The van der Waals surface area contributed by atoms with E-state index in [1.165, 1.54) is 42.4 Å². The minimum Gasteiger partial charge on any atom is -0.352 e. The van der Waals surface area contributed by atoms with Crippen LogP contribution in [0.1, 0.15) is 56.9 Å². The van der Waals surface area contributed by atoms with Crippen molar-refractivity contribution in [2.75, 3.05) is 5.75 Å². The van der Waals surface area contributed by atoms with E-state index in [0.29, 0.717) is 17.0 Å². The van der Waals surface area contributed by atoms with Crippen LogP contribution in [0.2, 0.25) is 0 Å². The number of thiophene rings is 1. The molecule has 1 N–H and O–H groups in total. The second kappa shape index (κ2) is 8.79. The number of thioether (sulfide) groups is 1. The van der Waals surface area contributed by atoms with Gasteiger partial charge in [0.25, 0.3) is 5.56 Å². The molecule has 2 atom stereocenters. The second-order valence-electron chi connectivity index (χ2n) is 8.74. The first-order chi connectivity index (χ1) is 15.1. The highest BCUT2D eigenvalue weighted by molar-refractivity contribution is 7.99. The predicted molar refractivity (Wildman–Crippen MR) is 127 cm³/mol. The van der Waals surface area contributed by atoms with Gasteiger partial charge in [0.1, 0.15) is 4.83 Å². The van der Waals surface area contributed by atoms with Crippen LogP contribution in [-0.4, -0.2) is 27.3 Å². The van der Waals surface area contributed by atoms with Crippen molar-refractivity contribution in [2.24, 2.45) is 5.92 Å². The summed E-state index contributed by atoms with van der Waals surface area (Å²) in [7, 11) is 0. The molecule has 7 heteroatoms. The molecule has 2 saturated carbocycles. The highest BCUT2D eigenvalue weighted by Crippen LogP contribution is 2.44. The zero-order valence-corrected chi connectivity index (χ0v) is 19.3. The van der Waals surface area contributed by atoms with E-state index in [0.717, 1.165) is 40.7 Å². The van der Waals surface area contributed by atoms with Crippen LogP contribution in [0.3, 0.4) is 0 Å². The van der Waals surface area contributed by atoms with Crippen molar-refractivity contribution < 1.29 is 4.79 Å². The molecule has 5 nitrogen and oxygen atoms in total. The Morgan fingerprint density at radius 2 is 1.97 bits per heavy atom. The summed E-state index contributed by atoms with van der Waals surface area (Å²) in [5.41, 5.74) is 1.91. The van der Waals surface area contributed by atoms with Crippen LogP contribution < -0.4 is 10.9 Å². The minimum atomic E-state index is -0.0249. The molecular formula is C24H27N3O2S2. The highest BCUT2D eigenvalue weighted by Gasteiger charge is 2.29. The molecule has 0 saturated heterocycles. The lowest BCUT2D eigenvalue weighted by atomic mass is 9.86. The molecule has 5 rings (SSSR count). The monoisotopic (exact) mass is 453 g/mol. The summed E-state index contributed by atoms with van der Waals surface area (Å²) in [6.45, 7) is 2.22. The van der Waals surface area contributed by atoms with Gasteiger partial charge >= 0.3 is 0 Å². The number of carbonyl (C=O) groups excluding carboxylic acids is 1. The maximum atomic E-state index is 13.6. The van der Waals surface area contributed by atoms with Gasteiger partial charge in [-0.1, -0.05) is 49.7 Å². The smallest absolute Gasteiger partial charge is 0.267 e. The fourth-order valence-corrected chi connectivity index (χ4v) is 6.38. The summed E-state index contributed by atoms with van der Waals surface area (Å²) in [6, 6.07) is 9.89. The zero-order valence-electron chi connectivity index (χ0n) is 17.7. The maximum absolute atomic E-state index is 13.6. The van der Waals surface area contributed by atoms with E-state index in [1.54, 1.807) is 4.57 Å². The van der Waals surface area contributed by atoms with Gasteiger partial charge in [0.2, 0.25) is 5.91 Å². The largest absolute Gasteiger partial charge is 0.352 e. The molecule has 3 aromatic rings. The van der Waals surface area contributed by atoms with Gasteiger partial charge in [-0.25, -0.2) is 4.98 Å². The lowest BCUT2D eigenvalue weighted by Crippen LogP contribution is -2.41. The number of para-hydroxylation sites is 1. The lowest BCUT2D eigenvalue weighted by molar-refractivity contribution is -0.119. The molecule has 162 valence electrons. The minimum absolute atomic E-state index is 0.0163. The van der Waals surface area contributed by atoms with E-state index in [2.05, 4.69) is 17.6 Å². The topological polar surface area (TPSA) is 64.0 Å².